The van der Waals surface area contributed by atoms with E-state index in [4.69, 9.17) is 11.6 Å². The number of phenols is 1. The van der Waals surface area contributed by atoms with Gasteiger partial charge in [0.15, 0.2) is 0 Å². The van der Waals surface area contributed by atoms with Crippen LogP contribution in [0.2, 0.25) is 5.02 Å². The molecule has 0 saturated heterocycles. The predicted octanol–water partition coefficient (Wildman–Crippen LogP) is 2.80. The fourth-order valence-electron chi connectivity index (χ4n) is 2.55. The second-order valence-electron chi connectivity index (χ2n) is 5.60. The molecular weight excluding hydrogens is 266 g/mol. The Balaban J connectivity index is 2.67. The summed E-state index contributed by atoms with van der Waals surface area (Å²) in [6, 6.07) is 1.54. The van der Waals surface area contributed by atoms with Crippen molar-refractivity contribution in [2.24, 2.45) is 0 Å². The van der Waals surface area contributed by atoms with Crippen LogP contribution in [0.1, 0.15) is 38.3 Å². The molecule has 4 nitrogen and oxygen atoms in total. The quantitative estimate of drug-likeness (QED) is 0.876. The molecule has 0 saturated carbocycles. The summed E-state index contributed by atoms with van der Waals surface area (Å²) in [6.07, 6.45) is 0.399. The first-order valence-electron chi connectivity index (χ1n) is 6.06. The largest absolute Gasteiger partial charge is 0.507 e. The topological polar surface area (TPSA) is 66.4 Å². The van der Waals surface area contributed by atoms with Gasteiger partial charge in [-0.25, -0.2) is 0 Å². The van der Waals surface area contributed by atoms with Gasteiger partial charge in [-0.1, -0.05) is 25.4 Å². The van der Waals surface area contributed by atoms with E-state index in [-0.39, 0.29) is 30.3 Å². The summed E-state index contributed by atoms with van der Waals surface area (Å²) in [7, 11) is 0. The van der Waals surface area contributed by atoms with Crippen molar-refractivity contribution in [1.82, 2.24) is 0 Å². The Bertz CT molecular complexity index is 579. The van der Waals surface area contributed by atoms with Crippen LogP contribution >= 0.6 is 11.6 Å². The van der Waals surface area contributed by atoms with Gasteiger partial charge in [0.2, 0.25) is 5.91 Å². The lowest BCUT2D eigenvalue weighted by Gasteiger charge is -2.34. The number of Topliss-reactive ketones (excluding diaryl/α,β-unsaturated/α-hetero) is 1. The normalized spacial score (nSPS) is 16.7. The Morgan fingerprint density at radius 1 is 1.53 bits per heavy atom. The SMILES string of the molecule is CC(=O)Cc1cc(Cl)c2c(c1O)C(C)(C)CC(=O)N2. The van der Waals surface area contributed by atoms with Crippen molar-refractivity contribution in [2.45, 2.75) is 39.0 Å². The molecule has 0 unspecified atom stereocenters. The third kappa shape index (κ3) is 2.45. The number of phenolic OH excluding ortho intramolecular Hbond substituents is 1. The maximum absolute atomic E-state index is 11.7. The van der Waals surface area contributed by atoms with E-state index in [9.17, 15) is 14.7 Å². The highest BCUT2D eigenvalue weighted by atomic mass is 35.5. The van der Waals surface area contributed by atoms with Gasteiger partial charge in [0.1, 0.15) is 11.5 Å². The van der Waals surface area contributed by atoms with Gasteiger partial charge < -0.3 is 10.4 Å². The van der Waals surface area contributed by atoms with Crippen molar-refractivity contribution in [3.8, 4) is 5.75 Å². The van der Waals surface area contributed by atoms with Crippen LogP contribution in [0.5, 0.6) is 5.75 Å². The first kappa shape index (κ1) is 13.9. The zero-order valence-electron chi connectivity index (χ0n) is 11.1. The Kier molecular flexibility index (Phi) is 3.31. The average Bonchev–Trinajstić information content (AvgIpc) is 2.22. The van der Waals surface area contributed by atoms with Gasteiger partial charge in [-0.05, 0) is 13.0 Å². The first-order valence-corrected chi connectivity index (χ1v) is 6.44. The van der Waals surface area contributed by atoms with Gasteiger partial charge >= 0.3 is 0 Å². The summed E-state index contributed by atoms with van der Waals surface area (Å²) in [4.78, 5) is 22.9. The van der Waals surface area contributed by atoms with E-state index in [1.165, 1.54) is 6.92 Å². The summed E-state index contributed by atoms with van der Waals surface area (Å²) >= 11 is 6.16. The number of amides is 1. The maximum Gasteiger partial charge on any atom is 0.225 e. The number of nitrogens with one attached hydrogen (secondary N) is 1. The highest BCUT2D eigenvalue weighted by molar-refractivity contribution is 6.34. The van der Waals surface area contributed by atoms with Crippen LogP contribution in [0.4, 0.5) is 5.69 Å². The second kappa shape index (κ2) is 4.53. The number of hydrogen-bond acceptors (Lipinski definition) is 3. The molecule has 0 atom stereocenters. The number of halogens is 1. The molecule has 0 spiro atoms. The molecule has 1 aliphatic rings. The molecule has 1 amide bonds. The third-order valence-electron chi connectivity index (χ3n) is 3.31. The predicted molar refractivity (Wildman–Crippen MR) is 73.8 cm³/mol. The average molecular weight is 282 g/mol. The summed E-state index contributed by atoms with van der Waals surface area (Å²) in [5.74, 6) is -0.123. The van der Waals surface area contributed by atoms with Crippen LogP contribution in [-0.4, -0.2) is 16.8 Å². The number of ketones is 1. The molecule has 0 fully saturated rings. The van der Waals surface area contributed by atoms with Crippen molar-refractivity contribution in [2.75, 3.05) is 5.32 Å². The summed E-state index contributed by atoms with van der Waals surface area (Å²) in [5.41, 5.74) is 1.04. The highest BCUT2D eigenvalue weighted by Crippen LogP contribution is 2.47. The van der Waals surface area contributed by atoms with Crippen molar-refractivity contribution < 1.29 is 14.7 Å². The number of benzene rings is 1. The van der Waals surface area contributed by atoms with Crippen LogP contribution in [0.15, 0.2) is 6.07 Å². The van der Waals surface area contributed by atoms with E-state index in [0.29, 0.717) is 21.8 Å². The number of carbonyl (C=O) groups excluding carboxylic acids is 2. The molecule has 0 radical (unpaired) electrons. The molecule has 5 heteroatoms. The Morgan fingerprint density at radius 3 is 2.74 bits per heavy atom. The minimum atomic E-state index is -0.516. The summed E-state index contributed by atoms with van der Waals surface area (Å²) in [5, 5.41) is 13.4. The number of fused-ring (bicyclic) bond motifs is 1. The van der Waals surface area contributed by atoms with E-state index in [2.05, 4.69) is 5.32 Å². The number of anilines is 1. The van der Waals surface area contributed by atoms with E-state index < -0.39 is 5.41 Å². The zero-order chi connectivity index (χ0) is 14.4. The first-order chi connectivity index (χ1) is 8.72. The molecule has 1 aromatic rings. The zero-order valence-corrected chi connectivity index (χ0v) is 11.9. The highest BCUT2D eigenvalue weighted by Gasteiger charge is 2.36. The molecule has 1 heterocycles. The van der Waals surface area contributed by atoms with Gasteiger partial charge in [0.05, 0.1) is 10.7 Å². The Hall–Kier alpha value is -1.55. The van der Waals surface area contributed by atoms with E-state index in [1.807, 2.05) is 13.8 Å². The second-order valence-corrected chi connectivity index (χ2v) is 6.01. The molecule has 102 valence electrons. The Labute approximate surface area is 116 Å². The van der Waals surface area contributed by atoms with Gasteiger partial charge in [0.25, 0.3) is 0 Å². The molecular formula is C14H16ClNO3. The van der Waals surface area contributed by atoms with Gasteiger partial charge in [-0.15, -0.1) is 0 Å². The number of hydrogen-bond donors (Lipinski definition) is 2. The molecule has 0 bridgehead atoms. The number of aromatic hydroxyl groups is 1. The van der Waals surface area contributed by atoms with Crippen molar-refractivity contribution in [3.63, 3.8) is 0 Å². The summed E-state index contributed by atoms with van der Waals surface area (Å²) < 4.78 is 0. The standard InChI is InChI=1S/C14H16ClNO3/c1-7(17)4-8-5-9(15)12-11(13(8)19)14(2,3)6-10(18)16-12/h5,19H,4,6H2,1-3H3,(H,16,18). The fraction of sp³-hybridized carbons (Fsp3) is 0.429. The minimum absolute atomic E-state index is 0.0519. The third-order valence-corrected chi connectivity index (χ3v) is 3.61. The van der Waals surface area contributed by atoms with Crippen LogP contribution in [-0.2, 0) is 21.4 Å². The van der Waals surface area contributed by atoms with Gasteiger partial charge in [0, 0.05) is 29.4 Å². The monoisotopic (exact) mass is 281 g/mol. The number of rotatable bonds is 2. The number of carbonyl (C=O) groups is 2. The lowest BCUT2D eigenvalue weighted by molar-refractivity contribution is -0.118. The van der Waals surface area contributed by atoms with E-state index in [0.717, 1.165) is 0 Å². The molecule has 1 aliphatic heterocycles. The van der Waals surface area contributed by atoms with Crippen LogP contribution in [0.25, 0.3) is 0 Å². The molecule has 0 aliphatic carbocycles. The van der Waals surface area contributed by atoms with Gasteiger partial charge in [-0.2, -0.15) is 0 Å². The maximum atomic E-state index is 11.7. The lowest BCUT2D eigenvalue weighted by Crippen LogP contribution is -2.33. The van der Waals surface area contributed by atoms with Crippen LogP contribution in [0, 0.1) is 0 Å². The molecule has 1 aromatic carbocycles. The van der Waals surface area contributed by atoms with Crippen molar-refractivity contribution >= 4 is 29.0 Å². The Morgan fingerprint density at radius 2 is 2.16 bits per heavy atom. The van der Waals surface area contributed by atoms with Crippen molar-refractivity contribution in [3.05, 3.63) is 22.2 Å². The van der Waals surface area contributed by atoms with Gasteiger partial charge in [-0.3, -0.25) is 9.59 Å². The van der Waals surface area contributed by atoms with Crippen molar-refractivity contribution in [1.29, 1.82) is 0 Å². The van der Waals surface area contributed by atoms with Crippen LogP contribution in [0.3, 0.4) is 0 Å². The van der Waals surface area contributed by atoms with E-state index >= 15 is 0 Å². The molecule has 2 N–H and O–H groups in total. The fourth-order valence-corrected chi connectivity index (χ4v) is 2.82. The lowest BCUT2D eigenvalue weighted by atomic mass is 9.76. The molecule has 2 rings (SSSR count). The molecule has 0 aromatic heterocycles. The van der Waals surface area contributed by atoms with Crippen LogP contribution < -0.4 is 5.32 Å². The smallest absolute Gasteiger partial charge is 0.225 e. The minimum Gasteiger partial charge on any atom is -0.507 e. The van der Waals surface area contributed by atoms with E-state index in [1.54, 1.807) is 6.07 Å². The summed E-state index contributed by atoms with van der Waals surface area (Å²) in [6.45, 7) is 5.20. The molecule has 19 heavy (non-hydrogen) atoms.